The third kappa shape index (κ3) is 3.44. The van der Waals surface area contributed by atoms with Crippen LogP contribution in [0.5, 0.6) is 0 Å². The van der Waals surface area contributed by atoms with Crippen LogP contribution in [0.3, 0.4) is 0 Å². The van der Waals surface area contributed by atoms with Gasteiger partial charge in [0.15, 0.2) is 0 Å². The molecule has 4 nitrogen and oxygen atoms in total. The molecule has 1 N–H and O–H groups in total. The standard InChI is InChI=1S/C18H23ClFNO3/c1-2-17(23)7-10-24-18(12-17)5-8-21(9-6-18)16(22)14-11-13(19)3-4-15(14)20/h3-4,11,23H,2,5-10,12H2,1H3. The number of rotatable bonds is 2. The van der Waals surface area contributed by atoms with E-state index in [-0.39, 0.29) is 17.1 Å². The molecule has 1 atom stereocenters. The number of amides is 1. The first-order valence-electron chi connectivity index (χ1n) is 8.47. The maximum atomic E-state index is 13.9. The number of hydrogen-bond donors (Lipinski definition) is 1. The summed E-state index contributed by atoms with van der Waals surface area (Å²) in [6.45, 7) is 3.51. The van der Waals surface area contributed by atoms with E-state index < -0.39 is 11.4 Å². The van der Waals surface area contributed by atoms with Crippen molar-refractivity contribution in [2.24, 2.45) is 0 Å². The molecule has 2 aliphatic heterocycles. The van der Waals surface area contributed by atoms with Crippen molar-refractivity contribution in [3.63, 3.8) is 0 Å². The first-order valence-corrected chi connectivity index (χ1v) is 8.85. The van der Waals surface area contributed by atoms with Crippen molar-refractivity contribution in [3.8, 4) is 0 Å². The average molecular weight is 356 g/mol. The van der Waals surface area contributed by atoms with Gasteiger partial charge in [-0.2, -0.15) is 0 Å². The first-order chi connectivity index (χ1) is 11.4. The van der Waals surface area contributed by atoms with E-state index in [0.29, 0.717) is 56.8 Å². The van der Waals surface area contributed by atoms with E-state index in [0.717, 1.165) is 0 Å². The molecular weight excluding hydrogens is 333 g/mol. The summed E-state index contributed by atoms with van der Waals surface area (Å²) in [5, 5.41) is 10.9. The molecule has 0 aromatic heterocycles. The monoisotopic (exact) mass is 355 g/mol. The van der Waals surface area contributed by atoms with Crippen LogP contribution in [0.15, 0.2) is 18.2 Å². The Morgan fingerprint density at radius 3 is 2.75 bits per heavy atom. The van der Waals surface area contributed by atoms with E-state index in [4.69, 9.17) is 16.3 Å². The van der Waals surface area contributed by atoms with Crippen molar-refractivity contribution in [2.75, 3.05) is 19.7 Å². The zero-order valence-corrected chi connectivity index (χ0v) is 14.6. The predicted octanol–water partition coefficient (Wildman–Crippen LogP) is 3.41. The molecule has 1 aromatic carbocycles. The minimum absolute atomic E-state index is 0.00748. The molecule has 6 heteroatoms. The third-order valence-electron chi connectivity index (χ3n) is 5.41. The molecule has 132 valence electrons. The number of nitrogens with zero attached hydrogens (tertiary/aromatic N) is 1. The molecule has 1 aromatic rings. The van der Waals surface area contributed by atoms with Crippen molar-refractivity contribution in [1.82, 2.24) is 4.90 Å². The quantitative estimate of drug-likeness (QED) is 0.884. The molecule has 1 amide bonds. The van der Waals surface area contributed by atoms with Gasteiger partial charge in [0.2, 0.25) is 0 Å². The largest absolute Gasteiger partial charge is 0.390 e. The van der Waals surface area contributed by atoms with Gasteiger partial charge in [-0.25, -0.2) is 4.39 Å². The number of carbonyl (C=O) groups excluding carboxylic acids is 1. The molecule has 1 unspecified atom stereocenters. The summed E-state index contributed by atoms with van der Waals surface area (Å²) in [4.78, 5) is 14.2. The molecule has 2 saturated heterocycles. The van der Waals surface area contributed by atoms with Crippen LogP contribution in [0.4, 0.5) is 4.39 Å². The number of piperidine rings is 1. The Labute approximate surface area is 146 Å². The summed E-state index contributed by atoms with van der Waals surface area (Å²) in [6, 6.07) is 4.02. The Kier molecular flexibility index (Phi) is 4.87. The van der Waals surface area contributed by atoms with Crippen LogP contribution in [0.1, 0.15) is 49.4 Å². The maximum Gasteiger partial charge on any atom is 0.256 e. The zero-order valence-electron chi connectivity index (χ0n) is 13.9. The lowest BCUT2D eigenvalue weighted by Gasteiger charge is -2.49. The first kappa shape index (κ1) is 17.6. The van der Waals surface area contributed by atoms with Crippen molar-refractivity contribution in [3.05, 3.63) is 34.6 Å². The smallest absolute Gasteiger partial charge is 0.256 e. The van der Waals surface area contributed by atoms with Crippen molar-refractivity contribution in [1.29, 1.82) is 0 Å². The lowest BCUT2D eigenvalue weighted by Crippen LogP contribution is -2.55. The summed E-state index contributed by atoms with van der Waals surface area (Å²) in [5.41, 5.74) is -1.04. The number of ether oxygens (including phenoxy) is 1. The molecule has 2 fully saturated rings. The highest BCUT2D eigenvalue weighted by atomic mass is 35.5. The lowest BCUT2D eigenvalue weighted by atomic mass is 9.76. The fraction of sp³-hybridized carbons (Fsp3) is 0.611. The van der Waals surface area contributed by atoms with Crippen LogP contribution in [-0.2, 0) is 4.74 Å². The minimum atomic E-state index is -0.677. The van der Waals surface area contributed by atoms with Gasteiger partial charge in [-0.3, -0.25) is 4.79 Å². The molecule has 0 bridgehead atoms. The Hall–Kier alpha value is -1.17. The average Bonchev–Trinajstić information content (AvgIpc) is 2.57. The summed E-state index contributed by atoms with van der Waals surface area (Å²) in [5.74, 6) is -0.898. The molecule has 24 heavy (non-hydrogen) atoms. The van der Waals surface area contributed by atoms with Crippen molar-refractivity contribution < 1.29 is 19.0 Å². The highest BCUT2D eigenvalue weighted by molar-refractivity contribution is 6.31. The van der Waals surface area contributed by atoms with Gasteiger partial charge < -0.3 is 14.7 Å². The van der Waals surface area contributed by atoms with Crippen molar-refractivity contribution >= 4 is 17.5 Å². The van der Waals surface area contributed by atoms with Gasteiger partial charge in [0.25, 0.3) is 5.91 Å². The Bertz CT molecular complexity index is 631. The molecular formula is C18H23ClFNO3. The predicted molar refractivity (Wildman–Crippen MR) is 89.7 cm³/mol. The Morgan fingerprint density at radius 2 is 2.08 bits per heavy atom. The number of likely N-dealkylation sites (tertiary alicyclic amines) is 1. The van der Waals surface area contributed by atoms with E-state index in [1.54, 1.807) is 4.90 Å². The molecule has 0 aliphatic carbocycles. The second-order valence-electron chi connectivity index (χ2n) is 6.95. The van der Waals surface area contributed by atoms with Crippen molar-refractivity contribution in [2.45, 2.75) is 50.2 Å². The number of aliphatic hydroxyl groups is 1. The molecule has 0 saturated carbocycles. The van der Waals surface area contributed by atoms with Crippen LogP contribution in [0, 0.1) is 5.82 Å². The molecule has 2 aliphatic rings. The minimum Gasteiger partial charge on any atom is -0.390 e. The van der Waals surface area contributed by atoms with Gasteiger partial charge in [-0.05, 0) is 43.9 Å². The normalized spacial score (nSPS) is 26.6. The van der Waals surface area contributed by atoms with Gasteiger partial charge in [0.1, 0.15) is 5.82 Å². The van der Waals surface area contributed by atoms with E-state index in [9.17, 15) is 14.3 Å². The Morgan fingerprint density at radius 1 is 1.38 bits per heavy atom. The number of benzene rings is 1. The summed E-state index contributed by atoms with van der Waals surface area (Å²) >= 11 is 5.88. The number of hydrogen-bond acceptors (Lipinski definition) is 3. The van der Waals surface area contributed by atoms with Gasteiger partial charge in [-0.15, -0.1) is 0 Å². The highest BCUT2D eigenvalue weighted by Crippen LogP contribution is 2.41. The third-order valence-corrected chi connectivity index (χ3v) is 5.64. The Balaban J connectivity index is 1.69. The van der Waals surface area contributed by atoms with Crippen LogP contribution >= 0.6 is 11.6 Å². The maximum absolute atomic E-state index is 13.9. The zero-order chi connectivity index (χ0) is 17.4. The van der Waals surface area contributed by atoms with Gasteiger partial charge in [0, 0.05) is 24.5 Å². The summed E-state index contributed by atoms with van der Waals surface area (Å²) in [7, 11) is 0. The fourth-order valence-electron chi connectivity index (χ4n) is 3.77. The molecule has 1 spiro atoms. The van der Waals surface area contributed by atoms with Gasteiger partial charge in [-0.1, -0.05) is 18.5 Å². The summed E-state index contributed by atoms with van der Waals surface area (Å²) in [6.07, 6.45) is 3.27. The lowest BCUT2D eigenvalue weighted by molar-refractivity contribution is -0.176. The second kappa shape index (κ2) is 6.62. The molecule has 3 rings (SSSR count). The topological polar surface area (TPSA) is 49.8 Å². The van der Waals surface area contributed by atoms with Crippen LogP contribution in [0.25, 0.3) is 0 Å². The van der Waals surface area contributed by atoms with Crippen LogP contribution in [0.2, 0.25) is 5.02 Å². The fourth-order valence-corrected chi connectivity index (χ4v) is 3.94. The number of carbonyl (C=O) groups is 1. The highest BCUT2D eigenvalue weighted by Gasteiger charge is 2.46. The molecule has 2 heterocycles. The second-order valence-corrected chi connectivity index (χ2v) is 7.39. The van der Waals surface area contributed by atoms with Crippen LogP contribution < -0.4 is 0 Å². The van der Waals surface area contributed by atoms with E-state index >= 15 is 0 Å². The van der Waals surface area contributed by atoms with Gasteiger partial charge >= 0.3 is 0 Å². The number of halogens is 2. The van der Waals surface area contributed by atoms with Gasteiger partial charge in [0.05, 0.1) is 23.4 Å². The van der Waals surface area contributed by atoms with Crippen LogP contribution in [-0.4, -0.2) is 46.8 Å². The van der Waals surface area contributed by atoms with E-state index in [1.165, 1.54) is 18.2 Å². The molecule has 0 radical (unpaired) electrons. The SMILES string of the molecule is CCC1(O)CCOC2(CCN(C(=O)c3cc(Cl)ccc3F)CC2)C1. The summed E-state index contributed by atoms with van der Waals surface area (Å²) < 4.78 is 19.9. The van der Waals surface area contributed by atoms with E-state index in [1.807, 2.05) is 6.92 Å². The van der Waals surface area contributed by atoms with E-state index in [2.05, 4.69) is 0 Å².